The quantitative estimate of drug-likeness (QED) is 0.637. The van der Waals surface area contributed by atoms with Crippen molar-refractivity contribution < 1.29 is 22.3 Å². The number of primary sulfonamides is 1. The van der Waals surface area contributed by atoms with Crippen molar-refractivity contribution in [3.05, 3.63) is 60.4 Å². The van der Waals surface area contributed by atoms with Crippen LogP contribution in [0.4, 0.5) is 4.39 Å². The third kappa shape index (κ3) is 4.44. The zero-order valence-electron chi connectivity index (χ0n) is 15.0. The number of ether oxygens (including phenoxy) is 1. The first-order chi connectivity index (χ1) is 13.3. The van der Waals surface area contributed by atoms with Crippen LogP contribution in [0.1, 0.15) is 19.8 Å². The van der Waals surface area contributed by atoms with Gasteiger partial charge in [-0.3, -0.25) is 4.79 Å². The van der Waals surface area contributed by atoms with E-state index in [4.69, 9.17) is 9.88 Å². The molecule has 0 bridgehead atoms. The zero-order chi connectivity index (χ0) is 20.3. The van der Waals surface area contributed by atoms with Gasteiger partial charge in [-0.15, -0.1) is 5.10 Å². The van der Waals surface area contributed by atoms with E-state index in [1.165, 1.54) is 41.1 Å². The predicted molar refractivity (Wildman–Crippen MR) is 101 cm³/mol. The van der Waals surface area contributed by atoms with Gasteiger partial charge in [0.2, 0.25) is 15.9 Å². The third-order valence-corrected chi connectivity index (χ3v) is 4.84. The van der Waals surface area contributed by atoms with Crippen molar-refractivity contribution in [3.8, 4) is 22.8 Å². The van der Waals surface area contributed by atoms with Crippen LogP contribution in [0.25, 0.3) is 16.9 Å². The molecule has 0 spiro atoms. The lowest BCUT2D eigenvalue weighted by Crippen LogP contribution is -2.12. The Morgan fingerprint density at radius 2 is 1.79 bits per heavy atom. The Labute approximate surface area is 161 Å². The minimum absolute atomic E-state index is 0.0404. The minimum atomic E-state index is -3.83. The molecule has 0 aliphatic rings. The summed E-state index contributed by atoms with van der Waals surface area (Å²) >= 11 is 0. The molecule has 0 aliphatic heterocycles. The molecular formula is C19H18FN3O4S. The Hall–Kier alpha value is -3.04. The van der Waals surface area contributed by atoms with Crippen molar-refractivity contribution in [2.24, 2.45) is 5.14 Å². The number of nitrogens with zero attached hydrogens (tertiary/aromatic N) is 2. The average Bonchev–Trinajstić information content (AvgIpc) is 3.05. The van der Waals surface area contributed by atoms with Crippen LogP contribution >= 0.6 is 0 Å². The largest absolute Gasteiger partial charge is 0.406 e. The fourth-order valence-corrected chi connectivity index (χ4v) is 3.10. The van der Waals surface area contributed by atoms with Gasteiger partial charge < -0.3 is 4.74 Å². The van der Waals surface area contributed by atoms with Crippen molar-refractivity contribution >= 4 is 16.0 Å². The monoisotopic (exact) mass is 403 g/mol. The molecule has 1 heterocycles. The van der Waals surface area contributed by atoms with Gasteiger partial charge in [-0.2, -0.15) is 0 Å². The standard InChI is InChI=1S/C19H18FN3O4S/c1-2-3-19(24)27-18-12-17(13-4-6-14(20)7-5-13)23(22-18)15-8-10-16(11-9-15)28(21,25)26/h4-12H,2-3H2,1H3,(H2,21,25,26). The number of halogens is 1. The SMILES string of the molecule is CCCC(=O)Oc1cc(-c2ccc(F)cc2)n(-c2ccc(S(N)(=O)=O)cc2)n1. The van der Waals surface area contributed by atoms with Crippen LogP contribution in [0.15, 0.2) is 59.5 Å². The molecule has 0 aliphatic carbocycles. The Bertz CT molecular complexity index is 1090. The predicted octanol–water partition coefficient (Wildman–Crippen LogP) is 3.03. The van der Waals surface area contributed by atoms with Crippen LogP contribution in [-0.4, -0.2) is 24.2 Å². The summed E-state index contributed by atoms with van der Waals surface area (Å²) in [4.78, 5) is 11.8. The Morgan fingerprint density at radius 3 is 2.36 bits per heavy atom. The average molecular weight is 403 g/mol. The number of hydrogen-bond acceptors (Lipinski definition) is 5. The molecule has 0 saturated heterocycles. The number of esters is 1. The maximum Gasteiger partial charge on any atom is 0.312 e. The summed E-state index contributed by atoms with van der Waals surface area (Å²) in [5, 5.41) is 9.42. The van der Waals surface area contributed by atoms with Crippen LogP contribution in [-0.2, 0) is 14.8 Å². The second kappa shape index (κ2) is 7.91. The molecule has 0 atom stereocenters. The number of benzene rings is 2. The number of rotatable bonds is 6. The van der Waals surface area contributed by atoms with Gasteiger partial charge in [0.1, 0.15) is 5.82 Å². The van der Waals surface area contributed by atoms with Crippen LogP contribution in [0.2, 0.25) is 0 Å². The molecule has 1 aromatic heterocycles. The number of aromatic nitrogens is 2. The molecule has 2 N–H and O–H groups in total. The van der Waals surface area contributed by atoms with E-state index in [9.17, 15) is 17.6 Å². The van der Waals surface area contributed by atoms with E-state index in [1.807, 2.05) is 6.92 Å². The lowest BCUT2D eigenvalue weighted by atomic mass is 10.1. The smallest absolute Gasteiger partial charge is 0.312 e. The van der Waals surface area contributed by atoms with E-state index in [0.29, 0.717) is 23.4 Å². The number of sulfonamides is 1. The molecule has 0 fully saturated rings. The minimum Gasteiger partial charge on any atom is -0.406 e. The van der Waals surface area contributed by atoms with Crippen molar-refractivity contribution in [1.82, 2.24) is 9.78 Å². The van der Waals surface area contributed by atoms with Gasteiger partial charge in [0.15, 0.2) is 0 Å². The molecule has 3 aromatic rings. The molecule has 0 unspecified atom stereocenters. The van der Waals surface area contributed by atoms with Gasteiger partial charge in [-0.1, -0.05) is 6.92 Å². The van der Waals surface area contributed by atoms with Gasteiger partial charge in [0.05, 0.1) is 16.3 Å². The molecule has 3 rings (SSSR count). The van der Waals surface area contributed by atoms with Gasteiger partial charge in [0.25, 0.3) is 0 Å². The van der Waals surface area contributed by atoms with Crippen LogP contribution < -0.4 is 9.88 Å². The van der Waals surface area contributed by atoms with Gasteiger partial charge in [0, 0.05) is 18.1 Å². The van der Waals surface area contributed by atoms with Crippen molar-refractivity contribution in [3.63, 3.8) is 0 Å². The number of carbonyl (C=O) groups is 1. The van der Waals surface area contributed by atoms with Gasteiger partial charge in [-0.25, -0.2) is 22.6 Å². The summed E-state index contributed by atoms with van der Waals surface area (Å²) < 4.78 is 42.9. The normalized spacial score (nSPS) is 11.4. The second-order valence-corrected chi connectivity index (χ2v) is 7.61. The van der Waals surface area contributed by atoms with Gasteiger partial charge >= 0.3 is 5.97 Å². The van der Waals surface area contributed by atoms with Gasteiger partial charge in [-0.05, 0) is 55.0 Å². The summed E-state index contributed by atoms with van der Waals surface area (Å²) in [6, 6.07) is 13.1. The highest BCUT2D eigenvalue weighted by atomic mass is 32.2. The zero-order valence-corrected chi connectivity index (χ0v) is 15.8. The van der Waals surface area contributed by atoms with Crippen LogP contribution in [0, 0.1) is 5.82 Å². The Morgan fingerprint density at radius 1 is 1.14 bits per heavy atom. The Balaban J connectivity index is 2.06. The van der Waals surface area contributed by atoms with E-state index in [1.54, 1.807) is 18.2 Å². The first-order valence-corrected chi connectivity index (χ1v) is 10.0. The topological polar surface area (TPSA) is 104 Å². The molecule has 0 saturated carbocycles. The molecule has 9 heteroatoms. The second-order valence-electron chi connectivity index (χ2n) is 6.05. The highest BCUT2D eigenvalue weighted by molar-refractivity contribution is 7.89. The fourth-order valence-electron chi connectivity index (χ4n) is 2.58. The third-order valence-electron chi connectivity index (χ3n) is 3.91. The first-order valence-electron chi connectivity index (χ1n) is 8.48. The summed E-state index contributed by atoms with van der Waals surface area (Å²) in [6.07, 6.45) is 0.890. The lowest BCUT2D eigenvalue weighted by Gasteiger charge is -2.08. The molecule has 0 radical (unpaired) electrons. The van der Waals surface area contributed by atoms with E-state index in [-0.39, 0.29) is 23.0 Å². The molecule has 7 nitrogen and oxygen atoms in total. The highest BCUT2D eigenvalue weighted by Crippen LogP contribution is 2.28. The van der Waals surface area contributed by atoms with Crippen LogP contribution in [0.5, 0.6) is 5.88 Å². The number of hydrogen-bond donors (Lipinski definition) is 1. The molecule has 0 amide bonds. The Kier molecular flexibility index (Phi) is 5.57. The van der Waals surface area contributed by atoms with Crippen molar-refractivity contribution in [1.29, 1.82) is 0 Å². The van der Waals surface area contributed by atoms with E-state index in [2.05, 4.69) is 5.10 Å². The first kappa shape index (κ1) is 19.7. The maximum absolute atomic E-state index is 13.3. The maximum atomic E-state index is 13.3. The molecular weight excluding hydrogens is 385 g/mol. The summed E-state index contributed by atoms with van der Waals surface area (Å²) in [5.74, 6) is -0.711. The summed E-state index contributed by atoms with van der Waals surface area (Å²) in [7, 11) is -3.83. The lowest BCUT2D eigenvalue weighted by molar-refractivity contribution is -0.134. The number of carbonyl (C=O) groups excluding carboxylic acids is 1. The van der Waals surface area contributed by atoms with Crippen LogP contribution in [0.3, 0.4) is 0 Å². The van der Waals surface area contributed by atoms with E-state index >= 15 is 0 Å². The molecule has 28 heavy (non-hydrogen) atoms. The van der Waals surface area contributed by atoms with Crippen molar-refractivity contribution in [2.45, 2.75) is 24.7 Å². The molecule has 2 aromatic carbocycles. The van der Waals surface area contributed by atoms with Crippen molar-refractivity contribution in [2.75, 3.05) is 0 Å². The summed E-state index contributed by atoms with van der Waals surface area (Å²) in [5.41, 5.74) is 1.70. The number of nitrogens with two attached hydrogens (primary N) is 1. The fraction of sp³-hybridized carbons (Fsp3) is 0.158. The van der Waals surface area contributed by atoms with E-state index < -0.39 is 16.0 Å². The van der Waals surface area contributed by atoms with E-state index in [0.717, 1.165) is 0 Å². The highest BCUT2D eigenvalue weighted by Gasteiger charge is 2.16. The molecule has 146 valence electrons. The summed E-state index contributed by atoms with van der Waals surface area (Å²) in [6.45, 7) is 1.86.